The Kier molecular flexibility index (Phi) is 6.36. The first-order valence-corrected chi connectivity index (χ1v) is 13.0. The number of aromatic hydroxyl groups is 1. The molecule has 0 saturated carbocycles. The summed E-state index contributed by atoms with van der Waals surface area (Å²) in [7, 11) is 4.04. The smallest absolute Gasteiger partial charge is 0.164 e. The SMILES string of the molecule is C[C@H](c1c(C#N)c2ccccn2c1-c1cccc(CN(C)C)c1)n1nc(-c2cc(O)cc(F)c2)c2c(N)ncnc21. The first-order valence-electron chi connectivity index (χ1n) is 13.0. The van der Waals surface area contributed by atoms with Gasteiger partial charge in [-0.3, -0.25) is 0 Å². The van der Waals surface area contributed by atoms with E-state index >= 15 is 0 Å². The van der Waals surface area contributed by atoms with Crippen molar-refractivity contribution in [1.82, 2.24) is 29.0 Å². The molecule has 0 amide bonds. The van der Waals surface area contributed by atoms with Gasteiger partial charge < -0.3 is 20.1 Å². The molecule has 3 N–H and O–H groups in total. The zero-order valence-electron chi connectivity index (χ0n) is 22.7. The number of rotatable bonds is 6. The predicted octanol–water partition coefficient (Wildman–Crippen LogP) is 5.38. The number of hydrogen-bond acceptors (Lipinski definition) is 7. The third-order valence-electron chi connectivity index (χ3n) is 7.15. The molecule has 41 heavy (non-hydrogen) atoms. The second-order valence-corrected chi connectivity index (χ2v) is 10.3. The van der Waals surface area contributed by atoms with E-state index in [1.54, 1.807) is 4.68 Å². The Morgan fingerprint density at radius 2 is 1.90 bits per heavy atom. The summed E-state index contributed by atoms with van der Waals surface area (Å²) < 4.78 is 18.0. The van der Waals surface area contributed by atoms with Crippen LogP contribution in [-0.4, -0.2) is 48.3 Å². The molecule has 4 aromatic heterocycles. The van der Waals surface area contributed by atoms with Gasteiger partial charge in [-0.2, -0.15) is 10.4 Å². The van der Waals surface area contributed by atoms with Gasteiger partial charge in [0.15, 0.2) is 5.65 Å². The summed E-state index contributed by atoms with van der Waals surface area (Å²) in [5, 5.41) is 25.8. The Labute approximate surface area is 235 Å². The molecule has 1 atom stereocenters. The Morgan fingerprint density at radius 1 is 1.07 bits per heavy atom. The number of halogens is 1. The number of nitriles is 1. The molecule has 10 heteroatoms. The highest BCUT2D eigenvalue weighted by Gasteiger charge is 2.28. The summed E-state index contributed by atoms with van der Waals surface area (Å²) >= 11 is 0. The predicted molar refractivity (Wildman–Crippen MR) is 156 cm³/mol. The van der Waals surface area contributed by atoms with Crippen molar-refractivity contribution < 1.29 is 9.50 Å². The fourth-order valence-corrected chi connectivity index (χ4v) is 5.53. The Balaban J connectivity index is 1.64. The largest absolute Gasteiger partial charge is 0.508 e. The lowest BCUT2D eigenvalue weighted by Gasteiger charge is -2.17. The number of pyridine rings is 1. The van der Waals surface area contributed by atoms with Crippen LogP contribution in [0.15, 0.2) is 73.2 Å². The van der Waals surface area contributed by atoms with Crippen LogP contribution in [0.2, 0.25) is 0 Å². The van der Waals surface area contributed by atoms with Crippen LogP contribution in [0.5, 0.6) is 5.75 Å². The lowest BCUT2D eigenvalue weighted by Crippen LogP contribution is -2.12. The number of hydrogen-bond donors (Lipinski definition) is 2. The quantitative estimate of drug-likeness (QED) is 0.288. The molecule has 0 aliphatic heterocycles. The van der Waals surface area contributed by atoms with Crippen LogP contribution in [0.1, 0.15) is 29.7 Å². The van der Waals surface area contributed by atoms with Gasteiger partial charge in [0.2, 0.25) is 0 Å². The molecule has 0 unspecified atom stereocenters. The van der Waals surface area contributed by atoms with Gasteiger partial charge in [-0.1, -0.05) is 24.3 Å². The van der Waals surface area contributed by atoms with Crippen molar-refractivity contribution in [2.24, 2.45) is 0 Å². The van der Waals surface area contributed by atoms with Gasteiger partial charge in [-0.25, -0.2) is 19.0 Å². The minimum absolute atomic E-state index is 0.173. The topological polar surface area (TPSA) is 121 Å². The zero-order valence-corrected chi connectivity index (χ0v) is 22.7. The van der Waals surface area contributed by atoms with Crippen molar-refractivity contribution >= 4 is 22.4 Å². The summed E-state index contributed by atoms with van der Waals surface area (Å²) in [6.07, 6.45) is 3.30. The van der Waals surface area contributed by atoms with Crippen LogP contribution in [0, 0.1) is 17.1 Å². The number of nitrogens with two attached hydrogens (primary N) is 1. The van der Waals surface area contributed by atoms with Crippen LogP contribution in [-0.2, 0) is 6.54 Å². The second kappa shape index (κ2) is 10.0. The van der Waals surface area contributed by atoms with E-state index in [4.69, 9.17) is 10.8 Å². The van der Waals surface area contributed by atoms with Crippen molar-refractivity contribution in [2.75, 3.05) is 19.8 Å². The highest BCUT2D eigenvalue weighted by molar-refractivity contribution is 5.98. The minimum atomic E-state index is -0.614. The first-order chi connectivity index (χ1) is 19.8. The van der Waals surface area contributed by atoms with Gasteiger partial charge in [0.05, 0.1) is 28.2 Å². The number of phenolic OH excluding ortho intramolecular Hbond substituents is 1. The van der Waals surface area contributed by atoms with Crippen molar-refractivity contribution in [3.63, 3.8) is 0 Å². The fraction of sp³-hybridized carbons (Fsp3) is 0.161. The maximum atomic E-state index is 14.3. The van der Waals surface area contributed by atoms with E-state index < -0.39 is 11.9 Å². The monoisotopic (exact) mass is 546 g/mol. The second-order valence-electron chi connectivity index (χ2n) is 10.3. The molecule has 0 radical (unpaired) electrons. The molecule has 0 bridgehead atoms. The van der Waals surface area contributed by atoms with Gasteiger partial charge in [0.1, 0.15) is 35.5 Å². The van der Waals surface area contributed by atoms with Gasteiger partial charge in [-0.05, 0) is 62.5 Å². The van der Waals surface area contributed by atoms with Crippen molar-refractivity contribution in [1.29, 1.82) is 5.26 Å². The van der Waals surface area contributed by atoms with Gasteiger partial charge in [0, 0.05) is 29.9 Å². The molecule has 0 fully saturated rings. The van der Waals surface area contributed by atoms with E-state index in [-0.39, 0.29) is 11.6 Å². The zero-order chi connectivity index (χ0) is 28.8. The number of fused-ring (bicyclic) bond motifs is 2. The molecule has 4 heterocycles. The minimum Gasteiger partial charge on any atom is -0.508 e. The third kappa shape index (κ3) is 4.42. The van der Waals surface area contributed by atoms with Gasteiger partial charge in [-0.15, -0.1) is 0 Å². The van der Waals surface area contributed by atoms with Crippen molar-refractivity contribution in [3.8, 4) is 34.3 Å². The Hall–Kier alpha value is -5.27. The molecule has 204 valence electrons. The number of aromatic nitrogens is 5. The van der Waals surface area contributed by atoms with Crippen molar-refractivity contribution in [3.05, 3.63) is 95.7 Å². The maximum Gasteiger partial charge on any atom is 0.164 e. The molecule has 0 aliphatic rings. The lowest BCUT2D eigenvalue weighted by atomic mass is 9.98. The summed E-state index contributed by atoms with van der Waals surface area (Å²) in [5.74, 6) is -0.681. The van der Waals surface area contributed by atoms with E-state index in [1.807, 2.05) is 61.9 Å². The maximum absolute atomic E-state index is 14.3. The fourth-order valence-electron chi connectivity index (χ4n) is 5.53. The molecule has 6 rings (SSSR count). The van der Waals surface area contributed by atoms with Crippen LogP contribution in [0.4, 0.5) is 10.2 Å². The first kappa shape index (κ1) is 26.0. The van der Waals surface area contributed by atoms with Gasteiger partial charge >= 0.3 is 0 Å². The molecule has 2 aromatic carbocycles. The van der Waals surface area contributed by atoms with E-state index in [2.05, 4.69) is 33.1 Å². The van der Waals surface area contributed by atoms with Crippen LogP contribution in [0.25, 0.3) is 39.1 Å². The van der Waals surface area contributed by atoms with Crippen LogP contribution >= 0.6 is 0 Å². The molecular weight excluding hydrogens is 519 g/mol. The summed E-state index contributed by atoms with van der Waals surface area (Å²) in [6, 6.07) is 19.7. The molecular formula is C31H27FN8O. The number of nitrogens with zero attached hydrogens (tertiary/aromatic N) is 7. The van der Waals surface area contributed by atoms with E-state index in [0.29, 0.717) is 27.9 Å². The summed E-state index contributed by atoms with van der Waals surface area (Å²) in [4.78, 5) is 10.7. The molecule has 6 aromatic rings. The molecule has 0 spiro atoms. The number of nitrogen functional groups attached to an aromatic ring is 1. The molecule has 0 aliphatic carbocycles. The highest BCUT2D eigenvalue weighted by Crippen LogP contribution is 2.40. The Bertz CT molecular complexity index is 1960. The van der Waals surface area contributed by atoms with E-state index in [0.717, 1.165) is 40.5 Å². The van der Waals surface area contributed by atoms with E-state index in [1.165, 1.54) is 18.5 Å². The molecule has 9 nitrogen and oxygen atoms in total. The number of anilines is 1. The van der Waals surface area contributed by atoms with Crippen molar-refractivity contribution in [2.45, 2.75) is 19.5 Å². The third-order valence-corrected chi connectivity index (χ3v) is 7.15. The number of benzene rings is 2. The van der Waals surface area contributed by atoms with Crippen LogP contribution in [0.3, 0.4) is 0 Å². The summed E-state index contributed by atoms with van der Waals surface area (Å²) in [6.45, 7) is 2.71. The van der Waals surface area contributed by atoms with Gasteiger partial charge in [0.25, 0.3) is 0 Å². The highest BCUT2D eigenvalue weighted by atomic mass is 19.1. The normalized spacial score (nSPS) is 12.3. The molecule has 0 saturated heterocycles. The standard InChI is InChI=1S/C31H27FN8O/c1-18(40-31-27(30(34)35-17-36-31)28(37-40)21-12-22(32)14-23(41)13-21)26-24(15-33)25-9-4-5-10-39(25)29(26)20-8-6-7-19(11-20)16-38(2)3/h4-14,17-18,41H,16H2,1-3H3,(H2,34,35,36)/t18-/m1/s1. The average molecular weight is 547 g/mol. The average Bonchev–Trinajstić information content (AvgIpc) is 3.49. The van der Waals surface area contributed by atoms with E-state index in [9.17, 15) is 14.8 Å². The Morgan fingerprint density at radius 3 is 2.66 bits per heavy atom. The lowest BCUT2D eigenvalue weighted by molar-refractivity contribution is 0.402. The summed E-state index contributed by atoms with van der Waals surface area (Å²) in [5.41, 5.74) is 12.4. The number of phenols is 1. The van der Waals surface area contributed by atoms with Crippen LogP contribution < -0.4 is 5.73 Å².